The first-order chi connectivity index (χ1) is 6.31. The average molecular weight is 202 g/mol. The number of hydrogen-bond donors (Lipinski definition) is 0. The summed E-state index contributed by atoms with van der Waals surface area (Å²) in [6, 6.07) is 0. The first-order valence-electron chi connectivity index (χ1n) is 5.08. The van der Waals surface area contributed by atoms with Gasteiger partial charge in [0.25, 0.3) is 0 Å². The van der Waals surface area contributed by atoms with Crippen LogP contribution in [0.5, 0.6) is 0 Å². The SMILES string of the molecule is CC(C)OC(=O)COCCC(C)(C)C. The summed E-state index contributed by atoms with van der Waals surface area (Å²) >= 11 is 0. The lowest BCUT2D eigenvalue weighted by molar-refractivity contribution is -0.153. The highest BCUT2D eigenvalue weighted by Gasteiger charge is 2.10. The normalized spacial score (nSPS) is 11.9. The first-order valence-corrected chi connectivity index (χ1v) is 5.08. The van der Waals surface area contributed by atoms with Crippen molar-refractivity contribution >= 4 is 5.97 Å². The van der Waals surface area contributed by atoms with E-state index in [0.717, 1.165) is 6.42 Å². The van der Waals surface area contributed by atoms with E-state index in [1.54, 1.807) is 0 Å². The third kappa shape index (κ3) is 9.52. The Labute approximate surface area is 86.8 Å². The van der Waals surface area contributed by atoms with E-state index < -0.39 is 0 Å². The largest absolute Gasteiger partial charge is 0.461 e. The maximum Gasteiger partial charge on any atom is 0.332 e. The summed E-state index contributed by atoms with van der Waals surface area (Å²) in [6.07, 6.45) is 0.885. The fourth-order valence-corrected chi connectivity index (χ4v) is 0.831. The van der Waals surface area contributed by atoms with Crippen LogP contribution in [0, 0.1) is 5.41 Å². The van der Waals surface area contributed by atoms with E-state index >= 15 is 0 Å². The minimum Gasteiger partial charge on any atom is -0.461 e. The molecule has 0 radical (unpaired) electrons. The lowest BCUT2D eigenvalue weighted by Crippen LogP contribution is -2.18. The van der Waals surface area contributed by atoms with E-state index in [2.05, 4.69) is 20.8 Å². The molecule has 3 heteroatoms. The summed E-state index contributed by atoms with van der Waals surface area (Å²) in [7, 11) is 0. The molecule has 0 saturated carbocycles. The van der Waals surface area contributed by atoms with E-state index in [-0.39, 0.29) is 24.1 Å². The molecule has 84 valence electrons. The molecule has 0 rings (SSSR count). The smallest absolute Gasteiger partial charge is 0.332 e. The van der Waals surface area contributed by atoms with Gasteiger partial charge < -0.3 is 9.47 Å². The second kappa shape index (κ2) is 6.02. The summed E-state index contributed by atoms with van der Waals surface area (Å²) in [5.74, 6) is -0.283. The quantitative estimate of drug-likeness (QED) is 0.507. The Morgan fingerprint density at radius 1 is 1.29 bits per heavy atom. The van der Waals surface area contributed by atoms with Crippen molar-refractivity contribution in [2.45, 2.75) is 47.1 Å². The summed E-state index contributed by atoms with van der Waals surface area (Å²) in [6.45, 7) is 10.7. The van der Waals surface area contributed by atoms with Gasteiger partial charge in [0, 0.05) is 6.61 Å². The highest BCUT2D eigenvalue weighted by Crippen LogP contribution is 2.17. The van der Waals surface area contributed by atoms with Crippen molar-refractivity contribution in [2.24, 2.45) is 5.41 Å². The van der Waals surface area contributed by atoms with Crippen molar-refractivity contribution in [3.63, 3.8) is 0 Å². The van der Waals surface area contributed by atoms with Crippen LogP contribution >= 0.6 is 0 Å². The van der Waals surface area contributed by atoms with Crippen LogP contribution in [-0.4, -0.2) is 25.3 Å². The number of hydrogen-bond acceptors (Lipinski definition) is 3. The lowest BCUT2D eigenvalue weighted by atomic mass is 9.93. The molecule has 0 bridgehead atoms. The molecular formula is C11H22O3. The van der Waals surface area contributed by atoms with E-state index in [0.29, 0.717) is 6.61 Å². The summed E-state index contributed by atoms with van der Waals surface area (Å²) < 4.78 is 10.1. The third-order valence-electron chi connectivity index (χ3n) is 1.58. The van der Waals surface area contributed by atoms with Gasteiger partial charge in [-0.15, -0.1) is 0 Å². The minimum atomic E-state index is -0.283. The van der Waals surface area contributed by atoms with Crippen molar-refractivity contribution in [1.29, 1.82) is 0 Å². The molecule has 0 aliphatic heterocycles. The van der Waals surface area contributed by atoms with Crippen molar-refractivity contribution in [3.05, 3.63) is 0 Å². The molecule has 3 nitrogen and oxygen atoms in total. The molecule has 0 saturated heterocycles. The predicted molar refractivity (Wildman–Crippen MR) is 56.1 cm³/mol. The molecule has 0 aliphatic carbocycles. The second-order valence-electron chi connectivity index (χ2n) is 4.90. The van der Waals surface area contributed by atoms with Crippen LogP contribution in [0.25, 0.3) is 0 Å². The van der Waals surface area contributed by atoms with E-state index in [1.807, 2.05) is 13.8 Å². The molecule has 0 N–H and O–H groups in total. The number of carbonyl (C=O) groups is 1. The zero-order valence-electron chi connectivity index (χ0n) is 9.92. The highest BCUT2D eigenvalue weighted by molar-refractivity contribution is 5.70. The maximum absolute atomic E-state index is 11.0. The summed E-state index contributed by atoms with van der Waals surface area (Å²) in [5, 5.41) is 0. The molecule has 0 aliphatic rings. The van der Waals surface area contributed by atoms with E-state index in [4.69, 9.17) is 9.47 Å². The molecule has 14 heavy (non-hydrogen) atoms. The number of rotatable bonds is 5. The highest BCUT2D eigenvalue weighted by atomic mass is 16.6. The summed E-state index contributed by atoms with van der Waals surface area (Å²) in [5.41, 5.74) is 0.252. The van der Waals surface area contributed by atoms with Crippen LogP contribution in [0.4, 0.5) is 0 Å². The van der Waals surface area contributed by atoms with Gasteiger partial charge in [-0.05, 0) is 25.7 Å². The van der Waals surface area contributed by atoms with Gasteiger partial charge in [0.1, 0.15) is 6.61 Å². The predicted octanol–water partition coefficient (Wildman–Crippen LogP) is 2.39. The Balaban J connectivity index is 3.41. The van der Waals surface area contributed by atoms with Gasteiger partial charge in [-0.2, -0.15) is 0 Å². The van der Waals surface area contributed by atoms with Gasteiger partial charge in [0.2, 0.25) is 0 Å². The van der Waals surface area contributed by atoms with Crippen LogP contribution in [0.1, 0.15) is 41.0 Å². The molecule has 0 fully saturated rings. The molecule has 0 unspecified atom stereocenters. The minimum absolute atomic E-state index is 0.0614. The van der Waals surface area contributed by atoms with Crippen molar-refractivity contribution in [3.8, 4) is 0 Å². The Morgan fingerprint density at radius 2 is 1.86 bits per heavy atom. The summed E-state index contributed by atoms with van der Waals surface area (Å²) in [4.78, 5) is 11.0. The Kier molecular flexibility index (Phi) is 5.77. The van der Waals surface area contributed by atoms with Gasteiger partial charge in [-0.25, -0.2) is 4.79 Å². The van der Waals surface area contributed by atoms with Crippen LogP contribution in [0.3, 0.4) is 0 Å². The number of esters is 1. The van der Waals surface area contributed by atoms with Crippen LogP contribution in [0.15, 0.2) is 0 Å². The maximum atomic E-state index is 11.0. The van der Waals surface area contributed by atoms with Gasteiger partial charge in [-0.1, -0.05) is 20.8 Å². The van der Waals surface area contributed by atoms with Gasteiger partial charge in [-0.3, -0.25) is 0 Å². The van der Waals surface area contributed by atoms with Crippen LogP contribution in [-0.2, 0) is 14.3 Å². The monoisotopic (exact) mass is 202 g/mol. The Hall–Kier alpha value is -0.570. The second-order valence-corrected chi connectivity index (χ2v) is 4.90. The molecule has 0 atom stereocenters. The number of carbonyl (C=O) groups excluding carboxylic acids is 1. The Morgan fingerprint density at radius 3 is 2.29 bits per heavy atom. The standard InChI is InChI=1S/C11H22O3/c1-9(2)14-10(12)8-13-7-6-11(3,4)5/h9H,6-8H2,1-5H3. The zero-order valence-corrected chi connectivity index (χ0v) is 9.92. The van der Waals surface area contributed by atoms with Crippen LogP contribution < -0.4 is 0 Å². The molecule has 0 spiro atoms. The molecular weight excluding hydrogens is 180 g/mol. The molecule has 0 amide bonds. The fraction of sp³-hybridized carbons (Fsp3) is 0.909. The van der Waals surface area contributed by atoms with Gasteiger partial charge in [0.05, 0.1) is 6.10 Å². The van der Waals surface area contributed by atoms with Gasteiger partial charge in [0.15, 0.2) is 0 Å². The molecule has 0 aromatic carbocycles. The number of ether oxygens (including phenoxy) is 2. The van der Waals surface area contributed by atoms with Crippen molar-refractivity contribution in [2.75, 3.05) is 13.2 Å². The molecule has 0 aromatic heterocycles. The Bertz CT molecular complexity index is 168. The van der Waals surface area contributed by atoms with Crippen LogP contribution in [0.2, 0.25) is 0 Å². The third-order valence-corrected chi connectivity index (χ3v) is 1.58. The van der Waals surface area contributed by atoms with Gasteiger partial charge >= 0.3 is 5.97 Å². The average Bonchev–Trinajstić information content (AvgIpc) is 1.95. The fourth-order valence-electron chi connectivity index (χ4n) is 0.831. The molecule has 0 aromatic rings. The zero-order chi connectivity index (χ0) is 11.2. The lowest BCUT2D eigenvalue weighted by Gasteiger charge is -2.17. The topological polar surface area (TPSA) is 35.5 Å². The first kappa shape index (κ1) is 13.4. The van der Waals surface area contributed by atoms with E-state index in [9.17, 15) is 4.79 Å². The molecule has 0 heterocycles. The van der Waals surface area contributed by atoms with E-state index in [1.165, 1.54) is 0 Å². The van der Waals surface area contributed by atoms with Crippen molar-refractivity contribution < 1.29 is 14.3 Å². The van der Waals surface area contributed by atoms with Crippen molar-refractivity contribution in [1.82, 2.24) is 0 Å².